The number of para-hydroxylation sites is 1. The Balaban J connectivity index is 1.67. The predicted octanol–water partition coefficient (Wildman–Crippen LogP) is 5.39. The molecule has 33 heavy (non-hydrogen) atoms. The first-order chi connectivity index (χ1) is 16.0. The van der Waals surface area contributed by atoms with E-state index in [1.807, 2.05) is 54.1 Å². The van der Waals surface area contributed by atoms with Crippen molar-refractivity contribution < 1.29 is 4.79 Å². The number of thiazole rings is 1. The van der Waals surface area contributed by atoms with E-state index in [9.17, 15) is 4.79 Å². The summed E-state index contributed by atoms with van der Waals surface area (Å²) >= 11 is 1.60. The molecule has 0 saturated carbocycles. The summed E-state index contributed by atoms with van der Waals surface area (Å²) in [7, 11) is 0. The third-order valence-electron chi connectivity index (χ3n) is 7.17. The van der Waals surface area contributed by atoms with E-state index < -0.39 is 5.41 Å². The molecule has 0 spiro atoms. The Labute approximate surface area is 195 Å². The van der Waals surface area contributed by atoms with Crippen molar-refractivity contribution in [2.24, 2.45) is 11.8 Å². The molecule has 0 N–H and O–H groups in total. The Bertz CT molecular complexity index is 1460. The topological polar surface area (TPSA) is 65.0 Å². The minimum absolute atomic E-state index is 0.0491. The molecular weight excluding hydrogens is 430 g/mol. The smallest absolute Gasteiger partial charge is 0.226 e. The van der Waals surface area contributed by atoms with Crippen molar-refractivity contribution in [3.8, 4) is 16.5 Å². The molecule has 3 aromatic heterocycles. The normalized spacial score (nSPS) is 24.2. The Morgan fingerprint density at radius 1 is 1.21 bits per heavy atom. The van der Waals surface area contributed by atoms with Gasteiger partial charge in [0.15, 0.2) is 5.78 Å². The monoisotopic (exact) mass is 451 g/mol. The van der Waals surface area contributed by atoms with Gasteiger partial charge in [0, 0.05) is 23.1 Å². The van der Waals surface area contributed by atoms with E-state index >= 15 is 0 Å². The maximum absolute atomic E-state index is 12.8. The summed E-state index contributed by atoms with van der Waals surface area (Å²) in [6, 6.07) is 13.9. The summed E-state index contributed by atoms with van der Waals surface area (Å²) in [5, 5.41) is 5.86. The third-order valence-corrected chi connectivity index (χ3v) is 8.18. The number of Topliss-reactive ketones (excluding diaryl/α,β-unsaturated/α-hetero) is 1. The lowest BCUT2D eigenvalue weighted by Gasteiger charge is -2.45. The van der Waals surface area contributed by atoms with Crippen LogP contribution < -0.4 is 0 Å². The zero-order valence-electron chi connectivity index (χ0n) is 18.3. The van der Waals surface area contributed by atoms with Crippen LogP contribution in [0.4, 0.5) is 0 Å². The number of pyridine rings is 1. The summed E-state index contributed by atoms with van der Waals surface area (Å²) in [5.41, 5.74) is 4.50. The van der Waals surface area contributed by atoms with Crippen LogP contribution in [0.5, 0.6) is 0 Å². The van der Waals surface area contributed by atoms with Gasteiger partial charge in [0.05, 0.1) is 28.2 Å². The maximum Gasteiger partial charge on any atom is 0.226 e. The van der Waals surface area contributed by atoms with Gasteiger partial charge >= 0.3 is 0 Å². The van der Waals surface area contributed by atoms with E-state index in [0.29, 0.717) is 0 Å². The fourth-order valence-electron chi connectivity index (χ4n) is 5.62. The van der Waals surface area contributed by atoms with Crippen molar-refractivity contribution in [1.29, 1.82) is 0 Å². The van der Waals surface area contributed by atoms with E-state index in [1.165, 1.54) is 0 Å². The van der Waals surface area contributed by atoms with Gasteiger partial charge in [-0.25, -0.2) is 14.5 Å². The lowest BCUT2D eigenvalue weighted by Crippen LogP contribution is -2.46. The first kappa shape index (κ1) is 20.0. The minimum atomic E-state index is -0.501. The van der Waals surface area contributed by atoms with Gasteiger partial charge in [-0.2, -0.15) is 5.10 Å². The Hall–Kier alpha value is -3.63. The molecule has 0 saturated heterocycles. The molecule has 6 nitrogen and oxygen atoms in total. The van der Waals surface area contributed by atoms with Gasteiger partial charge in [-0.05, 0) is 43.0 Å². The van der Waals surface area contributed by atoms with Gasteiger partial charge in [0.25, 0.3) is 0 Å². The van der Waals surface area contributed by atoms with E-state index in [0.717, 1.165) is 50.8 Å². The molecule has 2 aliphatic rings. The lowest BCUT2D eigenvalue weighted by molar-refractivity contribution is -0.121. The molecule has 2 aliphatic carbocycles. The van der Waals surface area contributed by atoms with Crippen LogP contribution in [0.2, 0.25) is 0 Å². The SMILES string of the molecule is [C-]#[N+]C1=C[C@@]2(C)c3c(c(-c4ccccn4)nn3-c3nc4ccccc4s3)CC[C@@H]2[C@@H](C)C1=O. The summed E-state index contributed by atoms with van der Waals surface area (Å²) in [6.07, 6.45) is 5.34. The molecule has 0 aliphatic heterocycles. The van der Waals surface area contributed by atoms with Gasteiger partial charge in [-0.1, -0.05) is 49.5 Å². The number of allylic oxidation sites excluding steroid dienone is 2. The second-order valence-corrected chi connectivity index (χ2v) is 10.00. The van der Waals surface area contributed by atoms with Crippen LogP contribution >= 0.6 is 11.3 Å². The number of fused-ring (bicyclic) bond motifs is 4. The fraction of sp³-hybridized carbons (Fsp3) is 0.269. The number of hydrogen-bond donors (Lipinski definition) is 0. The maximum atomic E-state index is 12.8. The molecule has 0 bridgehead atoms. The molecule has 0 unspecified atom stereocenters. The van der Waals surface area contributed by atoms with Crippen molar-refractivity contribution in [2.75, 3.05) is 0 Å². The lowest BCUT2D eigenvalue weighted by atomic mass is 9.58. The summed E-state index contributed by atoms with van der Waals surface area (Å²) in [4.78, 5) is 25.9. The molecule has 0 radical (unpaired) electrons. The number of hydrogen-bond acceptors (Lipinski definition) is 5. The Morgan fingerprint density at radius 2 is 2.03 bits per heavy atom. The van der Waals surface area contributed by atoms with Crippen LogP contribution in [0.1, 0.15) is 31.5 Å². The Kier molecular flexibility index (Phi) is 4.36. The van der Waals surface area contributed by atoms with E-state index in [4.69, 9.17) is 16.7 Å². The van der Waals surface area contributed by atoms with E-state index in [-0.39, 0.29) is 23.3 Å². The summed E-state index contributed by atoms with van der Waals surface area (Å²) < 4.78 is 3.05. The minimum Gasteiger partial charge on any atom is -0.308 e. The van der Waals surface area contributed by atoms with Crippen molar-refractivity contribution >= 4 is 27.3 Å². The highest BCUT2D eigenvalue weighted by Gasteiger charge is 2.51. The van der Waals surface area contributed by atoms with Crippen molar-refractivity contribution in [3.63, 3.8) is 0 Å². The molecule has 7 heteroatoms. The highest BCUT2D eigenvalue weighted by atomic mass is 32.1. The first-order valence-corrected chi connectivity index (χ1v) is 11.9. The molecule has 162 valence electrons. The van der Waals surface area contributed by atoms with Gasteiger partial charge < -0.3 is 4.79 Å². The van der Waals surface area contributed by atoms with Crippen LogP contribution in [0, 0.1) is 18.4 Å². The number of carbonyl (C=O) groups is 1. The zero-order chi connectivity index (χ0) is 22.7. The van der Waals surface area contributed by atoms with Gasteiger partial charge in [0.2, 0.25) is 10.8 Å². The first-order valence-electron chi connectivity index (χ1n) is 11.1. The average molecular weight is 452 g/mol. The molecule has 0 fully saturated rings. The van der Waals surface area contributed by atoms with E-state index in [1.54, 1.807) is 17.5 Å². The molecule has 3 heterocycles. The third kappa shape index (κ3) is 2.84. The highest BCUT2D eigenvalue weighted by Crippen LogP contribution is 2.52. The molecule has 6 rings (SSSR count). The number of benzene rings is 1. The Morgan fingerprint density at radius 3 is 2.79 bits per heavy atom. The summed E-state index contributed by atoms with van der Waals surface area (Å²) in [6.45, 7) is 11.7. The van der Waals surface area contributed by atoms with Crippen LogP contribution in [0.15, 0.2) is 60.4 Å². The fourth-order valence-corrected chi connectivity index (χ4v) is 6.54. The van der Waals surface area contributed by atoms with Crippen LogP contribution in [-0.4, -0.2) is 25.5 Å². The molecule has 1 aromatic carbocycles. The van der Waals surface area contributed by atoms with Crippen molar-refractivity contribution in [2.45, 2.75) is 32.1 Å². The second kappa shape index (κ2) is 7.19. The standard InChI is InChI=1S/C26H21N5OS/c1-15-17-12-11-16-22(19-9-6-7-13-28-19)30-31(25-29-18-8-4-5-10-21(18)33-25)24(16)26(17,2)14-20(27-3)23(15)32/h4-10,13-15,17H,11-12H2,1-2H3/t15-,17-,26-/m1/s1. The molecule has 0 amide bonds. The number of ketones is 1. The number of nitrogens with zero attached hydrogens (tertiary/aromatic N) is 5. The highest BCUT2D eigenvalue weighted by molar-refractivity contribution is 7.20. The van der Waals surface area contributed by atoms with Crippen LogP contribution in [0.25, 0.3) is 31.6 Å². The number of aromatic nitrogens is 4. The van der Waals surface area contributed by atoms with Crippen molar-refractivity contribution in [3.05, 3.63) is 83.1 Å². The average Bonchev–Trinajstić information content (AvgIpc) is 3.44. The molecular formula is C26H21N5OS. The van der Waals surface area contributed by atoms with Crippen LogP contribution in [-0.2, 0) is 16.6 Å². The zero-order valence-corrected chi connectivity index (χ0v) is 19.1. The molecule has 4 aromatic rings. The summed E-state index contributed by atoms with van der Waals surface area (Å²) in [5.74, 6) is -0.161. The largest absolute Gasteiger partial charge is 0.308 e. The second-order valence-electron chi connectivity index (χ2n) is 8.99. The molecule has 3 atom stereocenters. The number of rotatable bonds is 2. The number of carbonyl (C=O) groups excluding carboxylic acids is 1. The predicted molar refractivity (Wildman–Crippen MR) is 128 cm³/mol. The quantitative estimate of drug-likeness (QED) is 0.384. The van der Waals surface area contributed by atoms with Gasteiger partial charge in [-0.3, -0.25) is 4.98 Å². The van der Waals surface area contributed by atoms with Crippen LogP contribution in [0.3, 0.4) is 0 Å². The van der Waals surface area contributed by atoms with Gasteiger partial charge in [0.1, 0.15) is 5.69 Å². The van der Waals surface area contributed by atoms with E-state index in [2.05, 4.69) is 22.8 Å². The van der Waals surface area contributed by atoms with Crippen molar-refractivity contribution in [1.82, 2.24) is 19.7 Å². The van der Waals surface area contributed by atoms with Gasteiger partial charge in [-0.15, -0.1) is 0 Å².